The molecule has 6 heteroatoms. The summed E-state index contributed by atoms with van der Waals surface area (Å²) < 4.78 is 0. The highest BCUT2D eigenvalue weighted by Crippen LogP contribution is 2.25. The molecule has 0 radical (unpaired) electrons. The Morgan fingerprint density at radius 1 is 1.23 bits per heavy atom. The number of urea groups is 1. The molecule has 1 aromatic carbocycles. The number of carboxylic acids is 1. The molecule has 2 rings (SSSR count). The van der Waals surface area contributed by atoms with Crippen LogP contribution in [0.25, 0.3) is 0 Å². The van der Waals surface area contributed by atoms with Gasteiger partial charge in [0.15, 0.2) is 0 Å². The van der Waals surface area contributed by atoms with Crippen molar-refractivity contribution in [3.05, 3.63) is 34.9 Å². The van der Waals surface area contributed by atoms with Crippen molar-refractivity contribution < 1.29 is 14.7 Å². The summed E-state index contributed by atoms with van der Waals surface area (Å²) in [5.74, 6) is -0.804. The molecule has 144 valence electrons. The zero-order valence-corrected chi connectivity index (χ0v) is 16.2. The molecule has 6 nitrogen and oxygen atoms in total. The number of likely N-dealkylation sites (N-methyl/N-ethyl adjacent to an activating group) is 1. The maximum atomic E-state index is 12.2. The quantitative estimate of drug-likeness (QED) is 0.664. The number of aryl methyl sites for hydroxylation is 2. The van der Waals surface area contributed by atoms with Crippen LogP contribution >= 0.6 is 0 Å². The maximum Gasteiger partial charge on any atom is 0.317 e. The van der Waals surface area contributed by atoms with E-state index in [0.717, 1.165) is 19.3 Å². The largest absolute Gasteiger partial charge is 0.480 e. The number of rotatable bonds is 8. The first-order valence-electron chi connectivity index (χ1n) is 9.36. The maximum absolute atomic E-state index is 12.2. The van der Waals surface area contributed by atoms with Gasteiger partial charge < -0.3 is 15.7 Å². The van der Waals surface area contributed by atoms with Crippen LogP contribution in [0.5, 0.6) is 0 Å². The summed E-state index contributed by atoms with van der Waals surface area (Å²) in [7, 11) is 0. The van der Waals surface area contributed by atoms with Gasteiger partial charge in [-0.05, 0) is 52.1 Å². The van der Waals surface area contributed by atoms with Crippen molar-refractivity contribution in [3.8, 4) is 0 Å². The van der Waals surface area contributed by atoms with Crippen molar-refractivity contribution in [2.75, 3.05) is 13.1 Å². The summed E-state index contributed by atoms with van der Waals surface area (Å²) in [6, 6.07) is 6.72. The van der Waals surface area contributed by atoms with E-state index in [0.29, 0.717) is 6.54 Å². The predicted octanol–water partition coefficient (Wildman–Crippen LogP) is 2.47. The third-order valence-electron chi connectivity index (χ3n) is 4.91. The first-order valence-corrected chi connectivity index (χ1v) is 9.36. The van der Waals surface area contributed by atoms with Gasteiger partial charge in [-0.3, -0.25) is 9.69 Å². The topological polar surface area (TPSA) is 81.7 Å². The molecule has 1 atom stereocenters. The molecule has 0 saturated heterocycles. The number of carbonyl (C=O) groups is 2. The average molecular weight is 361 g/mol. The van der Waals surface area contributed by atoms with Gasteiger partial charge in [-0.1, -0.05) is 36.2 Å². The SMILES string of the molecule is CCN(CC(=O)O)C1CC(NC(=O)NC(C)Cc2cc(C)cc(C)c2)C1. The summed E-state index contributed by atoms with van der Waals surface area (Å²) in [6.45, 7) is 8.91. The average Bonchev–Trinajstić information content (AvgIpc) is 2.46. The third-order valence-corrected chi connectivity index (χ3v) is 4.91. The molecule has 3 N–H and O–H groups in total. The van der Waals surface area contributed by atoms with Crippen LogP contribution in [0.2, 0.25) is 0 Å². The number of hydrogen-bond acceptors (Lipinski definition) is 3. The fourth-order valence-electron chi connectivity index (χ4n) is 3.72. The second-order valence-electron chi connectivity index (χ2n) is 7.50. The van der Waals surface area contributed by atoms with Gasteiger partial charge in [0.1, 0.15) is 0 Å². The van der Waals surface area contributed by atoms with E-state index in [4.69, 9.17) is 5.11 Å². The number of benzene rings is 1. The van der Waals surface area contributed by atoms with Gasteiger partial charge in [-0.15, -0.1) is 0 Å². The number of carboxylic acid groups (broad SMARTS) is 1. The normalized spacial score (nSPS) is 20.3. The molecule has 2 amide bonds. The molecule has 26 heavy (non-hydrogen) atoms. The minimum atomic E-state index is -0.804. The summed E-state index contributed by atoms with van der Waals surface area (Å²) in [6.07, 6.45) is 2.41. The zero-order valence-electron chi connectivity index (χ0n) is 16.2. The number of amides is 2. The summed E-state index contributed by atoms with van der Waals surface area (Å²) in [5, 5.41) is 14.9. The van der Waals surface area contributed by atoms with Gasteiger partial charge in [0.25, 0.3) is 0 Å². The van der Waals surface area contributed by atoms with Crippen LogP contribution in [0.1, 0.15) is 43.4 Å². The first kappa shape index (κ1) is 20.2. The van der Waals surface area contributed by atoms with E-state index >= 15 is 0 Å². The second-order valence-corrected chi connectivity index (χ2v) is 7.50. The van der Waals surface area contributed by atoms with Gasteiger partial charge in [-0.25, -0.2) is 4.79 Å². The molecular formula is C20H31N3O3. The molecule has 1 aliphatic rings. The minimum Gasteiger partial charge on any atom is -0.480 e. The Hall–Kier alpha value is -2.08. The molecule has 1 fully saturated rings. The molecule has 1 aliphatic carbocycles. The van der Waals surface area contributed by atoms with Crippen molar-refractivity contribution in [2.45, 2.75) is 65.1 Å². The lowest BCUT2D eigenvalue weighted by molar-refractivity contribution is -0.139. The minimum absolute atomic E-state index is 0.0474. The number of nitrogens with one attached hydrogen (secondary N) is 2. The highest BCUT2D eigenvalue weighted by Gasteiger charge is 2.34. The van der Waals surface area contributed by atoms with E-state index in [1.807, 2.05) is 18.7 Å². The molecule has 0 aliphatic heterocycles. The Labute approximate surface area is 156 Å². The lowest BCUT2D eigenvalue weighted by Crippen LogP contribution is -2.57. The van der Waals surface area contributed by atoms with E-state index in [1.54, 1.807) is 0 Å². The van der Waals surface area contributed by atoms with Crippen LogP contribution in [0.15, 0.2) is 18.2 Å². The Bertz CT molecular complexity index is 621. The molecule has 0 bridgehead atoms. The molecule has 0 heterocycles. The van der Waals surface area contributed by atoms with Crippen LogP contribution in [0.3, 0.4) is 0 Å². The van der Waals surface area contributed by atoms with Gasteiger partial charge in [-0.2, -0.15) is 0 Å². The van der Waals surface area contributed by atoms with Gasteiger partial charge in [0, 0.05) is 18.1 Å². The van der Waals surface area contributed by atoms with E-state index in [1.165, 1.54) is 16.7 Å². The number of aliphatic carboxylic acids is 1. The lowest BCUT2D eigenvalue weighted by atomic mass is 9.85. The van der Waals surface area contributed by atoms with Crippen LogP contribution in [-0.2, 0) is 11.2 Å². The molecular weight excluding hydrogens is 330 g/mol. The van der Waals surface area contributed by atoms with Gasteiger partial charge in [0.2, 0.25) is 0 Å². The van der Waals surface area contributed by atoms with Crippen LogP contribution in [0, 0.1) is 13.8 Å². The van der Waals surface area contributed by atoms with Crippen LogP contribution in [-0.4, -0.2) is 53.2 Å². The summed E-state index contributed by atoms with van der Waals surface area (Å²) in [4.78, 5) is 25.0. The Kier molecular flexibility index (Phi) is 7.03. The highest BCUT2D eigenvalue weighted by atomic mass is 16.4. The fraction of sp³-hybridized carbons (Fsp3) is 0.600. The Morgan fingerprint density at radius 2 is 1.85 bits per heavy atom. The highest BCUT2D eigenvalue weighted by molar-refractivity contribution is 5.74. The van der Waals surface area contributed by atoms with Crippen molar-refractivity contribution in [1.82, 2.24) is 15.5 Å². The lowest BCUT2D eigenvalue weighted by Gasteiger charge is -2.42. The Morgan fingerprint density at radius 3 is 2.38 bits per heavy atom. The van der Waals surface area contributed by atoms with Gasteiger partial charge in [0.05, 0.1) is 6.54 Å². The van der Waals surface area contributed by atoms with Crippen LogP contribution < -0.4 is 10.6 Å². The smallest absolute Gasteiger partial charge is 0.317 e. The standard InChI is InChI=1S/C20H31N3O3/c1-5-23(12-19(24)25)18-10-17(11-18)22-20(26)21-15(4)9-16-7-13(2)6-14(3)8-16/h6-8,15,17-18H,5,9-12H2,1-4H3,(H,24,25)(H2,21,22,26). The number of nitrogens with zero attached hydrogens (tertiary/aromatic N) is 1. The third kappa shape index (κ3) is 6.02. The molecule has 0 spiro atoms. The number of hydrogen-bond donors (Lipinski definition) is 3. The van der Waals surface area contributed by atoms with E-state index in [2.05, 4.69) is 42.7 Å². The fourth-order valence-corrected chi connectivity index (χ4v) is 3.72. The van der Waals surface area contributed by atoms with Crippen molar-refractivity contribution in [1.29, 1.82) is 0 Å². The monoisotopic (exact) mass is 361 g/mol. The molecule has 1 aromatic rings. The number of carbonyl (C=O) groups excluding carboxylic acids is 1. The van der Waals surface area contributed by atoms with Crippen LogP contribution in [0.4, 0.5) is 4.79 Å². The Balaban J connectivity index is 1.73. The zero-order chi connectivity index (χ0) is 19.3. The van der Waals surface area contributed by atoms with E-state index in [-0.39, 0.29) is 30.7 Å². The predicted molar refractivity (Wildman–Crippen MR) is 102 cm³/mol. The first-order chi connectivity index (χ1) is 12.3. The van der Waals surface area contributed by atoms with Crippen molar-refractivity contribution in [2.24, 2.45) is 0 Å². The molecule has 0 aromatic heterocycles. The van der Waals surface area contributed by atoms with E-state index < -0.39 is 5.97 Å². The van der Waals surface area contributed by atoms with Crippen molar-refractivity contribution in [3.63, 3.8) is 0 Å². The molecule has 1 unspecified atom stereocenters. The summed E-state index contributed by atoms with van der Waals surface area (Å²) in [5.41, 5.74) is 3.70. The summed E-state index contributed by atoms with van der Waals surface area (Å²) >= 11 is 0. The molecule has 1 saturated carbocycles. The van der Waals surface area contributed by atoms with E-state index in [9.17, 15) is 9.59 Å². The second kappa shape index (κ2) is 9.03. The van der Waals surface area contributed by atoms with Gasteiger partial charge >= 0.3 is 12.0 Å². The van der Waals surface area contributed by atoms with Crippen molar-refractivity contribution >= 4 is 12.0 Å².